The monoisotopic (exact) mass is 516 g/mol. The smallest absolute Gasteiger partial charge is 0.348 e. The molecule has 2 fully saturated rings. The Labute approximate surface area is 218 Å². The number of thiophene rings is 1. The zero-order valence-corrected chi connectivity index (χ0v) is 22.9. The number of aromatic carboxylic acids is 1. The van der Waals surface area contributed by atoms with Gasteiger partial charge in [-0.05, 0) is 96.5 Å². The average Bonchev–Trinajstić information content (AvgIpc) is 3.21. The molecule has 4 N–H and O–H groups in total. The van der Waals surface area contributed by atoms with Gasteiger partial charge in [0, 0.05) is 11.3 Å². The predicted molar refractivity (Wildman–Crippen MR) is 142 cm³/mol. The number of carbonyl (C=O) groups is 3. The molecule has 1 heterocycles. The van der Waals surface area contributed by atoms with E-state index in [1.807, 2.05) is 20.8 Å². The summed E-state index contributed by atoms with van der Waals surface area (Å²) in [6.45, 7) is 9.95. The van der Waals surface area contributed by atoms with Gasteiger partial charge in [-0.15, -0.1) is 11.3 Å². The molecule has 3 rings (SSSR count). The van der Waals surface area contributed by atoms with Gasteiger partial charge < -0.3 is 20.9 Å². The molecule has 8 heteroatoms. The van der Waals surface area contributed by atoms with Gasteiger partial charge in [0.1, 0.15) is 17.0 Å². The lowest BCUT2D eigenvalue weighted by molar-refractivity contribution is -0.152. The molecule has 198 valence electrons. The molecule has 0 spiro atoms. The molecule has 2 aliphatic carbocycles. The van der Waals surface area contributed by atoms with Crippen LogP contribution in [0.3, 0.4) is 0 Å². The quantitative estimate of drug-likeness (QED) is 0.343. The standard InChI is InChI=1S/C28H40N2O5S/c1-17(29)26(34)35-20-8-6-19(7-9-20)28(5)14-10-18(11-15-28)24(31)30-22-16-21(12-13-27(2,3)4)36-23(22)25(32)33/h16-20H,6-11,14-15,29H2,1-5H3,(H,30,31)(H,32,33)/t17-,18-,19-,20-,28-/m0/s1. The molecule has 0 unspecified atom stereocenters. The summed E-state index contributed by atoms with van der Waals surface area (Å²) in [5, 5.41) is 12.5. The van der Waals surface area contributed by atoms with Crippen LogP contribution < -0.4 is 11.1 Å². The zero-order chi connectivity index (χ0) is 26.7. The fourth-order valence-electron chi connectivity index (χ4n) is 5.29. The van der Waals surface area contributed by atoms with Gasteiger partial charge in [0.05, 0.1) is 10.6 Å². The van der Waals surface area contributed by atoms with E-state index in [4.69, 9.17) is 10.5 Å². The molecule has 36 heavy (non-hydrogen) atoms. The maximum Gasteiger partial charge on any atom is 0.348 e. The number of amides is 1. The highest BCUT2D eigenvalue weighted by atomic mass is 32.1. The summed E-state index contributed by atoms with van der Waals surface area (Å²) < 4.78 is 5.52. The van der Waals surface area contributed by atoms with E-state index in [1.165, 1.54) is 0 Å². The van der Waals surface area contributed by atoms with Crippen LogP contribution in [0.1, 0.15) is 101 Å². The number of rotatable bonds is 6. The van der Waals surface area contributed by atoms with E-state index in [-0.39, 0.29) is 39.6 Å². The number of nitrogens with one attached hydrogen (secondary N) is 1. The van der Waals surface area contributed by atoms with Gasteiger partial charge in [0.2, 0.25) is 5.91 Å². The molecule has 7 nitrogen and oxygen atoms in total. The topological polar surface area (TPSA) is 119 Å². The van der Waals surface area contributed by atoms with Crippen molar-refractivity contribution in [3.8, 4) is 11.8 Å². The zero-order valence-electron chi connectivity index (χ0n) is 22.1. The normalized spacial score (nSPS) is 27.3. The molecule has 0 radical (unpaired) electrons. The number of anilines is 1. The maximum atomic E-state index is 13.1. The van der Waals surface area contributed by atoms with E-state index in [0.717, 1.165) is 62.7 Å². The first-order valence-corrected chi connectivity index (χ1v) is 13.8. The molecular formula is C28H40N2O5S. The van der Waals surface area contributed by atoms with Gasteiger partial charge in [0.25, 0.3) is 0 Å². The van der Waals surface area contributed by atoms with Crippen LogP contribution in [0, 0.1) is 34.5 Å². The number of nitrogens with two attached hydrogens (primary N) is 1. The van der Waals surface area contributed by atoms with E-state index in [0.29, 0.717) is 16.5 Å². The van der Waals surface area contributed by atoms with Crippen molar-refractivity contribution in [1.29, 1.82) is 0 Å². The van der Waals surface area contributed by atoms with Crippen LogP contribution in [0.15, 0.2) is 6.07 Å². The highest BCUT2D eigenvalue weighted by molar-refractivity contribution is 7.15. The molecule has 0 saturated heterocycles. The fourth-order valence-corrected chi connectivity index (χ4v) is 6.09. The van der Waals surface area contributed by atoms with Crippen LogP contribution in [0.2, 0.25) is 0 Å². The van der Waals surface area contributed by atoms with E-state index in [2.05, 4.69) is 24.1 Å². The highest BCUT2D eigenvalue weighted by Crippen LogP contribution is 2.49. The third-order valence-corrected chi connectivity index (χ3v) is 8.60. The second-order valence-corrected chi connectivity index (χ2v) is 12.8. The minimum absolute atomic E-state index is 0.0440. The molecule has 2 aliphatic rings. The molecule has 0 aromatic carbocycles. The minimum Gasteiger partial charge on any atom is -0.477 e. The fraction of sp³-hybridized carbons (Fsp3) is 0.679. The Hall–Kier alpha value is -2.37. The van der Waals surface area contributed by atoms with Crippen LogP contribution in [-0.2, 0) is 14.3 Å². The average molecular weight is 517 g/mol. The Morgan fingerprint density at radius 3 is 2.31 bits per heavy atom. The third kappa shape index (κ3) is 7.33. The molecule has 0 bridgehead atoms. The van der Waals surface area contributed by atoms with Crippen LogP contribution in [-0.4, -0.2) is 35.1 Å². The number of carbonyl (C=O) groups excluding carboxylic acids is 2. The van der Waals surface area contributed by atoms with Gasteiger partial charge >= 0.3 is 11.9 Å². The van der Waals surface area contributed by atoms with Crippen molar-refractivity contribution >= 4 is 34.9 Å². The van der Waals surface area contributed by atoms with E-state index < -0.39 is 12.0 Å². The van der Waals surface area contributed by atoms with E-state index in [9.17, 15) is 19.5 Å². The summed E-state index contributed by atoms with van der Waals surface area (Å²) in [5.41, 5.74) is 5.92. The van der Waals surface area contributed by atoms with E-state index in [1.54, 1.807) is 13.0 Å². The summed E-state index contributed by atoms with van der Waals surface area (Å²) in [6.07, 6.45) is 7.18. The summed E-state index contributed by atoms with van der Waals surface area (Å²) in [7, 11) is 0. The Morgan fingerprint density at radius 1 is 1.17 bits per heavy atom. The molecule has 1 amide bonds. The highest BCUT2D eigenvalue weighted by Gasteiger charge is 2.41. The van der Waals surface area contributed by atoms with Crippen molar-refractivity contribution in [2.24, 2.45) is 28.4 Å². The van der Waals surface area contributed by atoms with Gasteiger partial charge in [0.15, 0.2) is 0 Å². The lowest BCUT2D eigenvalue weighted by Crippen LogP contribution is -2.39. The second-order valence-electron chi connectivity index (χ2n) is 11.8. The largest absolute Gasteiger partial charge is 0.477 e. The number of carboxylic acid groups (broad SMARTS) is 1. The van der Waals surface area contributed by atoms with Crippen LogP contribution in [0.25, 0.3) is 0 Å². The summed E-state index contributed by atoms with van der Waals surface area (Å²) in [6, 6.07) is 1.08. The van der Waals surface area contributed by atoms with Crippen LogP contribution >= 0.6 is 11.3 Å². The Bertz CT molecular complexity index is 1030. The van der Waals surface area contributed by atoms with Crippen molar-refractivity contribution in [1.82, 2.24) is 0 Å². The SMILES string of the molecule is C[C@H](N)C(=O)O[C@H]1CC[C@H]([C@]2(C)CC[C@@H](C(=O)Nc3cc(C#CC(C)(C)C)sc3C(=O)O)CC2)CC1. The molecular weight excluding hydrogens is 476 g/mol. The third-order valence-electron chi connectivity index (χ3n) is 7.56. The van der Waals surface area contributed by atoms with Crippen molar-refractivity contribution in [3.63, 3.8) is 0 Å². The maximum absolute atomic E-state index is 13.1. The molecule has 1 aromatic heterocycles. The van der Waals surface area contributed by atoms with Crippen molar-refractivity contribution in [3.05, 3.63) is 15.8 Å². The number of hydrogen-bond donors (Lipinski definition) is 3. The molecule has 0 aliphatic heterocycles. The van der Waals surface area contributed by atoms with Crippen molar-refractivity contribution in [2.75, 3.05) is 5.32 Å². The molecule has 1 atom stereocenters. The van der Waals surface area contributed by atoms with Crippen molar-refractivity contribution < 1.29 is 24.2 Å². The first-order valence-electron chi connectivity index (χ1n) is 12.9. The Balaban J connectivity index is 1.56. The number of ether oxygens (including phenoxy) is 1. The first-order chi connectivity index (χ1) is 16.8. The second kappa shape index (κ2) is 11.4. The number of hydrogen-bond acceptors (Lipinski definition) is 6. The van der Waals surface area contributed by atoms with Gasteiger partial charge in [-0.2, -0.15) is 0 Å². The summed E-state index contributed by atoms with van der Waals surface area (Å²) in [4.78, 5) is 37.4. The van der Waals surface area contributed by atoms with Gasteiger partial charge in [-0.3, -0.25) is 9.59 Å². The number of carboxylic acids is 1. The molecule has 1 aromatic rings. The van der Waals surface area contributed by atoms with Gasteiger partial charge in [-0.25, -0.2) is 4.79 Å². The Kier molecular flexibility index (Phi) is 8.89. The lowest BCUT2D eigenvalue weighted by atomic mass is 9.61. The van der Waals surface area contributed by atoms with Crippen molar-refractivity contribution in [2.45, 2.75) is 98.1 Å². The minimum atomic E-state index is -1.06. The summed E-state index contributed by atoms with van der Waals surface area (Å²) >= 11 is 1.09. The number of esters is 1. The van der Waals surface area contributed by atoms with E-state index >= 15 is 0 Å². The van der Waals surface area contributed by atoms with Crippen LogP contribution in [0.5, 0.6) is 0 Å². The first kappa shape index (κ1) is 28.2. The van der Waals surface area contributed by atoms with Crippen LogP contribution in [0.4, 0.5) is 5.69 Å². The Morgan fingerprint density at radius 2 is 1.78 bits per heavy atom. The predicted octanol–water partition coefficient (Wildman–Crippen LogP) is 5.43. The molecule has 2 saturated carbocycles. The summed E-state index contributed by atoms with van der Waals surface area (Å²) in [5.74, 6) is 5.07. The van der Waals surface area contributed by atoms with Gasteiger partial charge in [-0.1, -0.05) is 18.8 Å². The lowest BCUT2D eigenvalue weighted by Gasteiger charge is -2.45.